The van der Waals surface area contributed by atoms with Crippen LogP contribution in [-0.2, 0) is 20.8 Å². The average molecular weight is 537 g/mol. The Morgan fingerprint density at radius 1 is 1.11 bits per heavy atom. The molecule has 0 spiro atoms. The number of pyridine rings is 1. The first kappa shape index (κ1) is 28.7. The zero-order chi connectivity index (χ0) is 27.8. The minimum atomic E-state index is -0.900. The molecule has 1 aromatic heterocycles. The molecule has 206 valence electrons. The van der Waals surface area contributed by atoms with Gasteiger partial charge in [0, 0.05) is 45.1 Å². The number of amides is 3. The SMILES string of the molecule is CCCCOc1c2n(cc(C(=O)NCc3ccc(F)cc3F)c1=O)N(C(=O)COC)CN(CCOC)C2=O. The molecular weight excluding hydrogens is 506 g/mol. The summed E-state index contributed by atoms with van der Waals surface area (Å²) in [6.45, 7) is 1.42. The lowest BCUT2D eigenvalue weighted by molar-refractivity contribution is -0.124. The number of benzene rings is 1. The first-order valence-electron chi connectivity index (χ1n) is 12.0. The number of hydrogen-bond acceptors (Lipinski definition) is 7. The van der Waals surface area contributed by atoms with Gasteiger partial charge >= 0.3 is 0 Å². The van der Waals surface area contributed by atoms with Crippen molar-refractivity contribution in [3.05, 3.63) is 63.1 Å². The van der Waals surface area contributed by atoms with Crippen molar-refractivity contribution in [2.24, 2.45) is 0 Å². The van der Waals surface area contributed by atoms with Gasteiger partial charge in [0.2, 0.25) is 5.43 Å². The quantitative estimate of drug-likeness (QED) is 0.408. The topological polar surface area (TPSA) is 119 Å². The van der Waals surface area contributed by atoms with Crippen LogP contribution in [0.25, 0.3) is 0 Å². The number of nitrogens with one attached hydrogen (secondary N) is 1. The molecule has 0 radical (unpaired) electrons. The van der Waals surface area contributed by atoms with Gasteiger partial charge in [-0.15, -0.1) is 0 Å². The van der Waals surface area contributed by atoms with Crippen molar-refractivity contribution in [2.45, 2.75) is 26.3 Å². The number of hydrogen-bond donors (Lipinski definition) is 1. The number of carbonyl (C=O) groups is 3. The van der Waals surface area contributed by atoms with E-state index in [1.807, 2.05) is 6.92 Å². The second-order valence-electron chi connectivity index (χ2n) is 8.44. The third-order valence-corrected chi connectivity index (χ3v) is 5.77. The van der Waals surface area contributed by atoms with Gasteiger partial charge in [-0.05, 0) is 12.5 Å². The summed E-state index contributed by atoms with van der Waals surface area (Å²) in [5, 5.41) is 3.58. The number of halogens is 2. The first-order chi connectivity index (χ1) is 18.2. The highest BCUT2D eigenvalue weighted by atomic mass is 19.1. The average Bonchev–Trinajstić information content (AvgIpc) is 2.88. The van der Waals surface area contributed by atoms with E-state index in [2.05, 4.69) is 5.32 Å². The molecule has 0 aliphatic carbocycles. The van der Waals surface area contributed by atoms with E-state index in [4.69, 9.17) is 14.2 Å². The van der Waals surface area contributed by atoms with E-state index in [0.717, 1.165) is 28.4 Å². The summed E-state index contributed by atoms with van der Waals surface area (Å²) in [4.78, 5) is 54.1. The van der Waals surface area contributed by atoms with Crippen molar-refractivity contribution >= 4 is 17.7 Å². The van der Waals surface area contributed by atoms with Gasteiger partial charge in [-0.25, -0.2) is 18.5 Å². The number of aromatic nitrogens is 1. The molecule has 0 fully saturated rings. The Hall–Kier alpha value is -3.84. The largest absolute Gasteiger partial charge is 0.487 e. The van der Waals surface area contributed by atoms with E-state index >= 15 is 0 Å². The monoisotopic (exact) mass is 536 g/mol. The van der Waals surface area contributed by atoms with Crippen molar-refractivity contribution in [3.63, 3.8) is 0 Å². The Morgan fingerprint density at radius 2 is 1.87 bits per heavy atom. The van der Waals surface area contributed by atoms with Crippen LogP contribution >= 0.6 is 0 Å². The molecular formula is C25H30F2N4O7. The fourth-order valence-electron chi connectivity index (χ4n) is 3.73. The minimum absolute atomic E-state index is 0.00177. The first-order valence-corrected chi connectivity index (χ1v) is 12.0. The molecule has 11 nitrogen and oxygen atoms in total. The molecule has 38 heavy (non-hydrogen) atoms. The normalized spacial score (nSPS) is 12.9. The summed E-state index contributed by atoms with van der Waals surface area (Å²) in [5.41, 5.74) is -1.53. The van der Waals surface area contributed by atoms with Gasteiger partial charge in [0.1, 0.15) is 30.5 Å². The van der Waals surface area contributed by atoms with Crippen molar-refractivity contribution < 1.29 is 37.4 Å². The van der Waals surface area contributed by atoms with E-state index in [9.17, 15) is 28.0 Å². The van der Waals surface area contributed by atoms with Gasteiger partial charge in [0.15, 0.2) is 11.4 Å². The highest BCUT2D eigenvalue weighted by Gasteiger charge is 2.37. The van der Waals surface area contributed by atoms with Gasteiger partial charge in [0.25, 0.3) is 17.7 Å². The van der Waals surface area contributed by atoms with Gasteiger partial charge in [-0.1, -0.05) is 19.4 Å². The molecule has 1 N–H and O–H groups in total. The number of methoxy groups -OCH3 is 2. The number of ether oxygens (including phenoxy) is 3. The number of rotatable bonds is 12. The Kier molecular flexibility index (Phi) is 9.91. The Balaban J connectivity index is 2.08. The van der Waals surface area contributed by atoms with Gasteiger partial charge in [-0.2, -0.15) is 0 Å². The lowest BCUT2D eigenvalue weighted by Crippen LogP contribution is -2.58. The lowest BCUT2D eigenvalue weighted by Gasteiger charge is -2.38. The van der Waals surface area contributed by atoms with Crippen molar-refractivity contribution in [2.75, 3.05) is 52.3 Å². The van der Waals surface area contributed by atoms with Crippen LogP contribution in [0, 0.1) is 11.6 Å². The molecule has 13 heteroatoms. The number of fused-ring (bicyclic) bond motifs is 1. The Bertz CT molecular complexity index is 1250. The highest BCUT2D eigenvalue weighted by molar-refractivity contribution is 6.01. The van der Waals surface area contributed by atoms with Gasteiger partial charge in [0.05, 0.1) is 13.2 Å². The minimum Gasteiger partial charge on any atom is -0.487 e. The third-order valence-electron chi connectivity index (χ3n) is 5.77. The summed E-state index contributed by atoms with van der Waals surface area (Å²) in [6.07, 6.45) is 2.37. The summed E-state index contributed by atoms with van der Waals surface area (Å²) < 4.78 is 44.1. The van der Waals surface area contributed by atoms with E-state index in [0.29, 0.717) is 12.5 Å². The van der Waals surface area contributed by atoms with Gasteiger partial charge < -0.3 is 24.4 Å². The van der Waals surface area contributed by atoms with Crippen LogP contribution in [-0.4, -0.2) is 74.6 Å². The summed E-state index contributed by atoms with van der Waals surface area (Å²) in [7, 11) is 2.79. The zero-order valence-corrected chi connectivity index (χ0v) is 21.4. The van der Waals surface area contributed by atoms with Crippen LogP contribution in [0.4, 0.5) is 8.78 Å². The maximum absolute atomic E-state index is 14.0. The maximum Gasteiger partial charge on any atom is 0.278 e. The fourth-order valence-corrected chi connectivity index (χ4v) is 3.73. The van der Waals surface area contributed by atoms with Crippen molar-refractivity contribution in [1.29, 1.82) is 0 Å². The van der Waals surface area contributed by atoms with E-state index in [1.54, 1.807) is 0 Å². The summed E-state index contributed by atoms with van der Waals surface area (Å²) in [6, 6.07) is 2.88. The maximum atomic E-state index is 14.0. The smallest absolute Gasteiger partial charge is 0.278 e. The van der Waals surface area contributed by atoms with E-state index < -0.39 is 40.3 Å². The molecule has 2 aromatic rings. The second kappa shape index (κ2) is 13.1. The molecule has 1 aliphatic rings. The van der Waals surface area contributed by atoms with Crippen molar-refractivity contribution in [3.8, 4) is 5.75 Å². The molecule has 0 unspecified atom stereocenters. The lowest BCUT2D eigenvalue weighted by atomic mass is 10.1. The highest BCUT2D eigenvalue weighted by Crippen LogP contribution is 2.23. The molecule has 0 atom stereocenters. The molecule has 1 aromatic carbocycles. The fraction of sp³-hybridized carbons (Fsp3) is 0.440. The van der Waals surface area contributed by atoms with E-state index in [-0.39, 0.29) is 56.6 Å². The van der Waals surface area contributed by atoms with Crippen LogP contribution < -0.4 is 20.5 Å². The molecule has 3 rings (SSSR count). The molecule has 0 bridgehead atoms. The zero-order valence-electron chi connectivity index (χ0n) is 21.4. The summed E-state index contributed by atoms with van der Waals surface area (Å²) in [5.74, 6) is -4.07. The van der Waals surface area contributed by atoms with Crippen LogP contribution in [0.3, 0.4) is 0 Å². The molecule has 1 aliphatic heterocycles. The predicted molar refractivity (Wildman–Crippen MR) is 132 cm³/mol. The number of nitrogens with zero attached hydrogens (tertiary/aromatic N) is 3. The van der Waals surface area contributed by atoms with Crippen LogP contribution in [0.2, 0.25) is 0 Å². The standard InChI is InChI=1S/C25H30F2N4O7/c1-4-5-9-38-23-21-25(35)29(8-10-36-2)15-31(20(32)14-37-3)30(21)13-18(22(23)33)24(34)28-12-16-6-7-17(26)11-19(16)27/h6-7,11,13H,4-5,8-10,12,14-15H2,1-3H3,(H,28,34). The summed E-state index contributed by atoms with van der Waals surface area (Å²) >= 11 is 0. The number of unbranched alkanes of at least 4 members (excludes halogenated alkanes) is 1. The van der Waals surface area contributed by atoms with Crippen LogP contribution in [0.1, 0.15) is 46.2 Å². The van der Waals surface area contributed by atoms with E-state index in [1.165, 1.54) is 25.2 Å². The Morgan fingerprint density at radius 3 is 2.53 bits per heavy atom. The van der Waals surface area contributed by atoms with Crippen LogP contribution in [0.5, 0.6) is 5.75 Å². The third kappa shape index (κ3) is 6.34. The van der Waals surface area contributed by atoms with Crippen LogP contribution in [0.15, 0.2) is 29.2 Å². The second-order valence-corrected chi connectivity index (χ2v) is 8.44. The molecule has 3 amide bonds. The molecule has 0 saturated carbocycles. The molecule has 2 heterocycles. The van der Waals surface area contributed by atoms with Gasteiger partial charge in [-0.3, -0.25) is 19.2 Å². The predicted octanol–water partition coefficient (Wildman–Crippen LogP) is 1.41. The molecule has 0 saturated heterocycles. The Labute approximate surface area is 217 Å². The number of carbonyl (C=O) groups excluding carboxylic acids is 3. The van der Waals surface area contributed by atoms with Crippen molar-refractivity contribution in [1.82, 2.24) is 14.9 Å².